The lowest BCUT2D eigenvalue weighted by Crippen LogP contribution is -2.25. The van der Waals surface area contributed by atoms with Crippen LogP contribution in [0.15, 0.2) is 114 Å². The SMILES string of the molecule is CCCCCCCCC1(CCCCCCCC)c2cc(C)ccc2-c2ccc(-c3ccc(N(c4ccc(C)cc4)c4ccc(S(=O)(=O)O)cc4)cc3)cc21. The van der Waals surface area contributed by atoms with Crippen LogP contribution < -0.4 is 4.90 Å². The van der Waals surface area contributed by atoms with Crippen molar-refractivity contribution in [1.29, 1.82) is 0 Å². The number of anilines is 3. The second-order valence-electron chi connectivity index (χ2n) is 15.6. The maximum atomic E-state index is 11.8. The third kappa shape index (κ3) is 9.01. The number of aryl methyl sites for hydroxylation is 2. The van der Waals surface area contributed by atoms with Gasteiger partial charge in [0.15, 0.2) is 0 Å². The molecular formula is C49H59NO3S. The van der Waals surface area contributed by atoms with Gasteiger partial charge in [-0.2, -0.15) is 8.42 Å². The number of benzene rings is 5. The molecule has 284 valence electrons. The Labute approximate surface area is 325 Å². The highest BCUT2D eigenvalue weighted by Gasteiger charge is 2.42. The average Bonchev–Trinajstić information content (AvgIpc) is 3.43. The first-order valence-electron chi connectivity index (χ1n) is 20.5. The molecule has 0 heterocycles. The number of hydrogen-bond acceptors (Lipinski definition) is 3. The van der Waals surface area contributed by atoms with Gasteiger partial charge in [-0.3, -0.25) is 4.55 Å². The molecule has 0 saturated heterocycles. The van der Waals surface area contributed by atoms with Crippen LogP contribution >= 0.6 is 0 Å². The van der Waals surface area contributed by atoms with Crippen molar-refractivity contribution in [3.63, 3.8) is 0 Å². The minimum absolute atomic E-state index is 0.0264. The van der Waals surface area contributed by atoms with Crippen LogP contribution in [0.25, 0.3) is 22.3 Å². The molecule has 54 heavy (non-hydrogen) atoms. The second kappa shape index (κ2) is 18.0. The Kier molecular flexibility index (Phi) is 13.1. The fourth-order valence-corrected chi connectivity index (χ4v) is 9.06. The molecular weight excluding hydrogens is 683 g/mol. The summed E-state index contributed by atoms with van der Waals surface area (Å²) in [6, 6.07) is 37.8. The van der Waals surface area contributed by atoms with Gasteiger partial charge in [-0.15, -0.1) is 0 Å². The predicted octanol–water partition coefficient (Wildman–Crippen LogP) is 14.5. The van der Waals surface area contributed by atoms with Crippen molar-refractivity contribution in [3.8, 4) is 22.3 Å². The average molecular weight is 742 g/mol. The number of hydrogen-bond donors (Lipinski definition) is 1. The van der Waals surface area contributed by atoms with Crippen molar-refractivity contribution in [2.75, 3.05) is 4.90 Å². The summed E-state index contributed by atoms with van der Waals surface area (Å²) >= 11 is 0. The lowest BCUT2D eigenvalue weighted by molar-refractivity contribution is 0.398. The van der Waals surface area contributed by atoms with Gasteiger partial charge < -0.3 is 4.90 Å². The molecule has 1 N–H and O–H groups in total. The van der Waals surface area contributed by atoms with E-state index < -0.39 is 10.1 Å². The second-order valence-corrected chi connectivity index (χ2v) is 17.0. The highest BCUT2D eigenvalue weighted by Crippen LogP contribution is 2.55. The zero-order valence-corrected chi connectivity index (χ0v) is 33.7. The van der Waals surface area contributed by atoms with E-state index in [-0.39, 0.29) is 10.3 Å². The molecule has 1 aliphatic rings. The van der Waals surface area contributed by atoms with Gasteiger partial charge in [0.05, 0.1) is 4.90 Å². The highest BCUT2D eigenvalue weighted by molar-refractivity contribution is 7.85. The van der Waals surface area contributed by atoms with Gasteiger partial charge in [0.2, 0.25) is 0 Å². The van der Waals surface area contributed by atoms with Gasteiger partial charge in [0, 0.05) is 22.5 Å². The van der Waals surface area contributed by atoms with Crippen LogP contribution in [-0.4, -0.2) is 13.0 Å². The Hall–Kier alpha value is -4.19. The van der Waals surface area contributed by atoms with Gasteiger partial charge >= 0.3 is 0 Å². The van der Waals surface area contributed by atoms with E-state index in [0.717, 1.165) is 22.6 Å². The summed E-state index contributed by atoms with van der Waals surface area (Å²) in [4.78, 5) is 1.99. The van der Waals surface area contributed by atoms with Crippen LogP contribution in [0.4, 0.5) is 17.1 Å². The van der Waals surface area contributed by atoms with Crippen LogP contribution in [0.5, 0.6) is 0 Å². The maximum absolute atomic E-state index is 11.8. The number of unbranched alkanes of at least 4 members (excludes halogenated alkanes) is 10. The van der Waals surface area contributed by atoms with Gasteiger partial charge in [0.1, 0.15) is 0 Å². The summed E-state index contributed by atoms with van der Waals surface area (Å²) in [5.74, 6) is 0. The van der Waals surface area contributed by atoms with Crippen molar-refractivity contribution in [1.82, 2.24) is 0 Å². The molecule has 0 bridgehead atoms. The summed E-state index contributed by atoms with van der Waals surface area (Å²) in [6.45, 7) is 8.90. The van der Waals surface area contributed by atoms with Crippen LogP contribution in [0.3, 0.4) is 0 Å². The topological polar surface area (TPSA) is 57.6 Å². The van der Waals surface area contributed by atoms with E-state index >= 15 is 0 Å². The van der Waals surface area contributed by atoms with E-state index in [1.54, 1.807) is 17.7 Å². The molecule has 0 aromatic heterocycles. The summed E-state index contributed by atoms with van der Waals surface area (Å²) in [5.41, 5.74) is 13.5. The predicted molar refractivity (Wildman–Crippen MR) is 228 cm³/mol. The summed E-state index contributed by atoms with van der Waals surface area (Å²) in [5, 5.41) is 0. The first kappa shape index (κ1) is 39.5. The normalized spacial score (nSPS) is 13.1. The van der Waals surface area contributed by atoms with Gasteiger partial charge in [0.25, 0.3) is 10.1 Å². The van der Waals surface area contributed by atoms with Crippen LogP contribution in [0, 0.1) is 13.8 Å². The molecule has 0 fully saturated rings. The Morgan fingerprint density at radius 2 is 0.926 bits per heavy atom. The fourth-order valence-electron chi connectivity index (χ4n) is 8.58. The first-order valence-corrected chi connectivity index (χ1v) is 21.9. The van der Waals surface area contributed by atoms with Crippen molar-refractivity contribution in [2.45, 2.75) is 128 Å². The molecule has 0 atom stereocenters. The Morgan fingerprint density at radius 1 is 0.500 bits per heavy atom. The van der Waals surface area contributed by atoms with Crippen molar-refractivity contribution in [2.24, 2.45) is 0 Å². The molecule has 1 aliphatic carbocycles. The molecule has 0 radical (unpaired) electrons. The number of rotatable bonds is 19. The third-order valence-corrected chi connectivity index (χ3v) is 12.4. The van der Waals surface area contributed by atoms with Crippen molar-refractivity contribution < 1.29 is 13.0 Å². The molecule has 6 rings (SSSR count). The van der Waals surface area contributed by atoms with Crippen molar-refractivity contribution in [3.05, 3.63) is 131 Å². The quantitative estimate of drug-likeness (QED) is 0.0676. The van der Waals surface area contributed by atoms with E-state index in [0.29, 0.717) is 0 Å². The van der Waals surface area contributed by atoms with E-state index in [4.69, 9.17) is 0 Å². The Bertz CT molecular complexity index is 2070. The lowest BCUT2D eigenvalue weighted by Gasteiger charge is -2.33. The van der Waals surface area contributed by atoms with Crippen LogP contribution in [0.2, 0.25) is 0 Å². The molecule has 0 saturated carbocycles. The molecule has 0 spiro atoms. The minimum Gasteiger partial charge on any atom is -0.311 e. The van der Waals surface area contributed by atoms with Crippen LogP contribution in [0.1, 0.15) is 126 Å². The van der Waals surface area contributed by atoms with E-state index in [1.807, 2.05) is 0 Å². The van der Waals surface area contributed by atoms with Crippen LogP contribution in [-0.2, 0) is 15.5 Å². The highest BCUT2D eigenvalue weighted by atomic mass is 32.2. The van der Waals surface area contributed by atoms with Gasteiger partial charge in [-0.05, 0) is 115 Å². The smallest absolute Gasteiger partial charge is 0.294 e. The third-order valence-electron chi connectivity index (χ3n) is 11.6. The Balaban J connectivity index is 1.35. The molecule has 5 aromatic carbocycles. The van der Waals surface area contributed by atoms with E-state index in [9.17, 15) is 13.0 Å². The molecule has 5 heteroatoms. The van der Waals surface area contributed by atoms with Gasteiger partial charge in [-0.1, -0.05) is 157 Å². The molecule has 4 nitrogen and oxygen atoms in total. The minimum atomic E-state index is -4.29. The zero-order chi connectivity index (χ0) is 38.1. The largest absolute Gasteiger partial charge is 0.311 e. The summed E-state index contributed by atoms with van der Waals surface area (Å²) in [7, 11) is -4.29. The number of nitrogens with zero attached hydrogens (tertiary/aromatic N) is 1. The molecule has 5 aromatic rings. The summed E-state index contributed by atoms with van der Waals surface area (Å²) < 4.78 is 33.2. The summed E-state index contributed by atoms with van der Waals surface area (Å²) in [6.07, 6.45) is 18.0. The molecule has 0 aliphatic heterocycles. The van der Waals surface area contributed by atoms with E-state index in [1.165, 1.54) is 135 Å². The molecule has 0 amide bonds. The van der Waals surface area contributed by atoms with Crippen molar-refractivity contribution >= 4 is 27.2 Å². The standard InChI is InChI=1S/C49H59NO3S/c1-5-7-9-11-13-15-33-49(34-16-14-12-10-8-6-2)47-35-38(4)19-31-45(47)46-32-22-40(36-48(46)49)39-20-25-42(26-21-39)50(41-23-17-37(3)18-24-41)43-27-29-44(30-28-43)54(51,52)53/h17-32,35-36H,5-16,33-34H2,1-4H3,(H,51,52,53). The zero-order valence-electron chi connectivity index (χ0n) is 32.9. The van der Waals surface area contributed by atoms with E-state index in [2.05, 4.69) is 118 Å². The Morgan fingerprint density at radius 3 is 1.46 bits per heavy atom. The van der Waals surface area contributed by atoms with Gasteiger partial charge in [-0.25, -0.2) is 0 Å². The number of fused-ring (bicyclic) bond motifs is 3. The fraction of sp³-hybridized carbons (Fsp3) is 0.388. The lowest BCUT2D eigenvalue weighted by atomic mass is 9.70. The first-order chi connectivity index (χ1) is 26.1. The monoisotopic (exact) mass is 741 g/mol. The maximum Gasteiger partial charge on any atom is 0.294 e. The molecule has 0 unspecified atom stereocenters.